The number of rotatable bonds is 2. The second-order valence-electron chi connectivity index (χ2n) is 2.66. The van der Waals surface area contributed by atoms with Crippen molar-refractivity contribution in [3.8, 4) is 0 Å². The molecule has 0 aliphatic heterocycles. The van der Waals surface area contributed by atoms with Gasteiger partial charge in [-0.05, 0) is 0 Å². The second kappa shape index (κ2) is 2.71. The lowest BCUT2D eigenvalue weighted by Gasteiger charge is -2.42. The van der Waals surface area contributed by atoms with E-state index in [4.69, 9.17) is 0 Å². The molecule has 0 aromatic carbocycles. The minimum atomic E-state index is -4.26. The van der Waals surface area contributed by atoms with E-state index in [1.165, 1.54) is 0 Å². The van der Waals surface area contributed by atoms with Crippen molar-refractivity contribution in [1.82, 2.24) is 0 Å². The van der Waals surface area contributed by atoms with Crippen LogP contribution in [0.15, 0.2) is 12.7 Å². The third kappa shape index (κ3) is 1.40. The smallest absolute Gasteiger partial charge is 0.346 e. The minimum absolute atomic E-state index is 0.645. The molecule has 0 bridgehead atoms. The number of halogens is 4. The molecule has 6 heteroatoms. The average Bonchev–Trinajstić information content (AvgIpc) is 2.03. The van der Waals surface area contributed by atoms with E-state index in [-0.39, 0.29) is 0 Å². The normalized spacial score (nSPS) is 28.8. The van der Waals surface area contributed by atoms with Gasteiger partial charge < -0.3 is 4.74 Å². The minimum Gasteiger partial charge on any atom is -0.452 e. The predicted molar refractivity (Wildman–Crippen MR) is 34.6 cm³/mol. The lowest BCUT2D eigenvalue weighted by molar-refractivity contribution is -0.332. The molecule has 0 amide bonds. The zero-order valence-corrected chi connectivity index (χ0v) is 6.40. The molecule has 0 heterocycles. The van der Waals surface area contributed by atoms with Crippen LogP contribution in [0.1, 0.15) is 6.42 Å². The van der Waals surface area contributed by atoms with E-state index in [0.29, 0.717) is 6.08 Å². The van der Waals surface area contributed by atoms with Crippen molar-refractivity contribution in [3.63, 3.8) is 0 Å². The van der Waals surface area contributed by atoms with Crippen molar-refractivity contribution in [3.05, 3.63) is 12.7 Å². The zero-order chi connectivity index (χ0) is 10.3. The predicted octanol–water partition coefficient (Wildman–Crippen LogP) is 1.76. The molecule has 2 nitrogen and oxygen atoms in total. The lowest BCUT2D eigenvalue weighted by atomic mass is 9.85. The summed E-state index contributed by atoms with van der Waals surface area (Å²) in [6.07, 6.45) is -2.53. The SMILES string of the molecule is C=CC(=O)OC1CC(F)(F)C1(F)F. The molecule has 0 aromatic heterocycles. The fourth-order valence-corrected chi connectivity index (χ4v) is 0.906. The third-order valence-corrected chi connectivity index (χ3v) is 1.76. The van der Waals surface area contributed by atoms with Crippen LogP contribution in [-0.2, 0) is 9.53 Å². The highest BCUT2D eigenvalue weighted by Crippen LogP contribution is 2.52. The van der Waals surface area contributed by atoms with Gasteiger partial charge in [-0.25, -0.2) is 4.79 Å². The van der Waals surface area contributed by atoms with Crippen molar-refractivity contribution >= 4 is 5.97 Å². The maximum Gasteiger partial charge on any atom is 0.346 e. The molecule has 1 fully saturated rings. The molecule has 0 spiro atoms. The molecule has 0 saturated heterocycles. The molecular weight excluding hydrogens is 192 g/mol. The van der Waals surface area contributed by atoms with E-state index in [2.05, 4.69) is 11.3 Å². The van der Waals surface area contributed by atoms with E-state index in [1.807, 2.05) is 0 Å². The van der Waals surface area contributed by atoms with Crippen LogP contribution in [0.4, 0.5) is 17.6 Å². The second-order valence-corrected chi connectivity index (χ2v) is 2.66. The van der Waals surface area contributed by atoms with Gasteiger partial charge in [0.05, 0.1) is 6.42 Å². The van der Waals surface area contributed by atoms with Crippen LogP contribution in [-0.4, -0.2) is 23.9 Å². The third-order valence-electron chi connectivity index (χ3n) is 1.76. The van der Waals surface area contributed by atoms with Gasteiger partial charge in [-0.2, -0.15) is 17.6 Å². The molecule has 1 saturated carbocycles. The number of carbonyl (C=O) groups is 1. The Balaban J connectivity index is 2.59. The Morgan fingerprint density at radius 3 is 2.31 bits per heavy atom. The van der Waals surface area contributed by atoms with Crippen LogP contribution in [0.5, 0.6) is 0 Å². The van der Waals surface area contributed by atoms with E-state index < -0.39 is 30.3 Å². The van der Waals surface area contributed by atoms with Crippen LogP contribution in [0.2, 0.25) is 0 Å². The zero-order valence-electron chi connectivity index (χ0n) is 6.40. The largest absolute Gasteiger partial charge is 0.452 e. The summed E-state index contributed by atoms with van der Waals surface area (Å²) >= 11 is 0. The van der Waals surface area contributed by atoms with Gasteiger partial charge >= 0.3 is 17.8 Å². The van der Waals surface area contributed by atoms with Crippen LogP contribution in [0, 0.1) is 0 Å². The number of alkyl halides is 4. The van der Waals surface area contributed by atoms with Gasteiger partial charge in [0.15, 0.2) is 6.10 Å². The molecule has 1 aliphatic carbocycles. The molecular formula is C7H6F4O2. The van der Waals surface area contributed by atoms with Gasteiger partial charge in [-0.3, -0.25) is 0 Å². The molecule has 0 aromatic rings. The van der Waals surface area contributed by atoms with Crippen molar-refractivity contribution in [2.24, 2.45) is 0 Å². The van der Waals surface area contributed by atoms with Crippen LogP contribution in [0.3, 0.4) is 0 Å². The molecule has 1 unspecified atom stereocenters. The fourth-order valence-electron chi connectivity index (χ4n) is 0.906. The first-order chi connectivity index (χ1) is 5.81. The van der Waals surface area contributed by atoms with E-state index in [9.17, 15) is 22.4 Å². The summed E-state index contributed by atoms with van der Waals surface area (Å²) in [6, 6.07) is 0. The van der Waals surface area contributed by atoms with Crippen LogP contribution in [0.25, 0.3) is 0 Å². The summed E-state index contributed by atoms with van der Waals surface area (Å²) in [5.41, 5.74) is 0. The van der Waals surface area contributed by atoms with Gasteiger partial charge in [0.25, 0.3) is 0 Å². The van der Waals surface area contributed by atoms with Crippen molar-refractivity contribution in [2.45, 2.75) is 24.4 Å². The first-order valence-electron chi connectivity index (χ1n) is 3.40. The number of hydrogen-bond donors (Lipinski definition) is 0. The Hall–Kier alpha value is -1.07. The summed E-state index contributed by atoms with van der Waals surface area (Å²) in [5.74, 6) is -9.45. The Kier molecular flexibility index (Phi) is 2.09. The number of esters is 1. The highest BCUT2D eigenvalue weighted by Gasteiger charge is 2.73. The van der Waals surface area contributed by atoms with Gasteiger partial charge in [0, 0.05) is 6.08 Å². The van der Waals surface area contributed by atoms with Crippen molar-refractivity contribution in [1.29, 1.82) is 0 Å². The number of hydrogen-bond acceptors (Lipinski definition) is 2. The van der Waals surface area contributed by atoms with E-state index in [1.54, 1.807) is 0 Å². The molecule has 0 radical (unpaired) electrons. The Labute approximate surface area is 71.2 Å². The standard InChI is InChI=1S/C7H6F4O2/c1-2-5(12)13-4-3-6(8,9)7(4,10)11/h2,4H,1,3H2. The quantitative estimate of drug-likeness (QED) is 0.384. The highest BCUT2D eigenvalue weighted by molar-refractivity contribution is 5.81. The maximum absolute atomic E-state index is 12.4. The summed E-state index contributed by atoms with van der Waals surface area (Å²) in [6.45, 7) is 2.95. The summed E-state index contributed by atoms with van der Waals surface area (Å²) < 4.78 is 53.1. The van der Waals surface area contributed by atoms with Gasteiger partial charge in [-0.15, -0.1) is 0 Å². The van der Waals surface area contributed by atoms with E-state index >= 15 is 0 Å². The average molecular weight is 198 g/mol. The van der Waals surface area contributed by atoms with Crippen molar-refractivity contribution in [2.75, 3.05) is 0 Å². The molecule has 74 valence electrons. The first kappa shape index (κ1) is 10.0. The van der Waals surface area contributed by atoms with Crippen LogP contribution < -0.4 is 0 Å². The van der Waals surface area contributed by atoms with Gasteiger partial charge in [0.1, 0.15) is 0 Å². The molecule has 1 atom stereocenters. The lowest BCUT2D eigenvalue weighted by Crippen LogP contribution is -2.63. The van der Waals surface area contributed by atoms with Crippen molar-refractivity contribution < 1.29 is 27.1 Å². The highest BCUT2D eigenvalue weighted by atomic mass is 19.3. The summed E-state index contributed by atoms with van der Waals surface area (Å²) in [7, 11) is 0. The molecule has 1 rings (SSSR count). The first-order valence-corrected chi connectivity index (χ1v) is 3.40. The Morgan fingerprint density at radius 2 is 2.00 bits per heavy atom. The monoisotopic (exact) mass is 198 g/mol. The molecule has 13 heavy (non-hydrogen) atoms. The summed E-state index contributed by atoms with van der Waals surface area (Å²) in [4.78, 5) is 10.4. The Morgan fingerprint density at radius 1 is 1.46 bits per heavy atom. The van der Waals surface area contributed by atoms with Gasteiger partial charge in [0.2, 0.25) is 0 Å². The molecule has 1 aliphatic rings. The summed E-state index contributed by atoms with van der Waals surface area (Å²) in [5, 5.41) is 0. The topological polar surface area (TPSA) is 26.3 Å². The Bertz CT molecular complexity index is 249. The fraction of sp³-hybridized carbons (Fsp3) is 0.571. The van der Waals surface area contributed by atoms with E-state index in [0.717, 1.165) is 0 Å². The van der Waals surface area contributed by atoms with Gasteiger partial charge in [-0.1, -0.05) is 6.58 Å². The number of ether oxygens (including phenoxy) is 1. The number of carbonyl (C=O) groups excluding carboxylic acids is 1. The molecule has 0 N–H and O–H groups in total. The van der Waals surface area contributed by atoms with Crippen LogP contribution >= 0.6 is 0 Å². The maximum atomic E-state index is 12.4.